The Kier molecular flexibility index (Phi) is 8.29. The van der Waals surface area contributed by atoms with E-state index in [1.54, 1.807) is 11.8 Å². The summed E-state index contributed by atoms with van der Waals surface area (Å²) in [6.07, 6.45) is 0.580. The second-order valence-electron chi connectivity index (χ2n) is 5.27. The normalized spacial score (nSPS) is 12.6. The SMILES string of the molecule is CCSCCC(C)NC(=O)NC(=O)CC(C)(C)C(=O)O. The highest BCUT2D eigenvalue weighted by Crippen LogP contribution is 2.19. The Morgan fingerprint density at radius 1 is 1.30 bits per heavy atom. The number of carboxylic acid groups (broad SMARTS) is 1. The number of hydrogen-bond donors (Lipinski definition) is 3. The molecular weight excluding hydrogens is 280 g/mol. The van der Waals surface area contributed by atoms with Crippen LogP contribution in [0, 0.1) is 5.41 Å². The fourth-order valence-corrected chi connectivity index (χ4v) is 2.19. The Labute approximate surface area is 124 Å². The largest absolute Gasteiger partial charge is 0.481 e. The Morgan fingerprint density at radius 2 is 1.90 bits per heavy atom. The van der Waals surface area contributed by atoms with Gasteiger partial charge in [0.05, 0.1) is 5.41 Å². The monoisotopic (exact) mass is 304 g/mol. The predicted octanol–water partition coefficient (Wildman–Crippen LogP) is 1.84. The summed E-state index contributed by atoms with van der Waals surface area (Å²) in [6.45, 7) is 6.81. The van der Waals surface area contributed by atoms with E-state index in [-0.39, 0.29) is 12.5 Å². The molecule has 1 unspecified atom stereocenters. The number of carboxylic acids is 1. The minimum absolute atomic E-state index is 0.0330. The zero-order chi connectivity index (χ0) is 15.8. The lowest BCUT2D eigenvalue weighted by atomic mass is 9.89. The highest BCUT2D eigenvalue weighted by atomic mass is 32.2. The number of amides is 3. The Hall–Kier alpha value is -1.24. The molecule has 3 amide bonds. The highest BCUT2D eigenvalue weighted by Gasteiger charge is 2.30. The third-order valence-electron chi connectivity index (χ3n) is 2.71. The van der Waals surface area contributed by atoms with Crippen LogP contribution in [0.2, 0.25) is 0 Å². The quantitative estimate of drug-likeness (QED) is 0.595. The van der Waals surface area contributed by atoms with Crippen LogP contribution in [0.25, 0.3) is 0 Å². The first-order chi connectivity index (χ1) is 9.19. The molecule has 0 saturated carbocycles. The van der Waals surface area contributed by atoms with Gasteiger partial charge < -0.3 is 10.4 Å². The van der Waals surface area contributed by atoms with Crippen LogP contribution in [0.4, 0.5) is 4.79 Å². The number of aliphatic carboxylic acids is 1. The molecule has 1 atom stereocenters. The minimum atomic E-state index is -1.19. The van der Waals surface area contributed by atoms with Gasteiger partial charge in [0.2, 0.25) is 5.91 Å². The number of urea groups is 1. The number of imide groups is 1. The number of carbonyl (C=O) groups excluding carboxylic acids is 2. The van der Waals surface area contributed by atoms with E-state index in [2.05, 4.69) is 17.6 Å². The van der Waals surface area contributed by atoms with Crippen LogP contribution >= 0.6 is 11.8 Å². The van der Waals surface area contributed by atoms with Crippen LogP contribution in [0.1, 0.15) is 40.5 Å². The van der Waals surface area contributed by atoms with E-state index in [4.69, 9.17) is 5.11 Å². The average Bonchev–Trinajstić information content (AvgIpc) is 2.27. The molecule has 0 aromatic rings. The molecule has 0 aliphatic carbocycles. The van der Waals surface area contributed by atoms with E-state index in [1.165, 1.54) is 13.8 Å². The van der Waals surface area contributed by atoms with Gasteiger partial charge in [0, 0.05) is 12.5 Å². The second-order valence-corrected chi connectivity index (χ2v) is 6.67. The molecule has 6 nitrogen and oxygen atoms in total. The Bertz CT molecular complexity index is 358. The van der Waals surface area contributed by atoms with E-state index in [0.717, 1.165) is 17.9 Å². The van der Waals surface area contributed by atoms with Gasteiger partial charge in [-0.3, -0.25) is 14.9 Å². The molecule has 0 fully saturated rings. The van der Waals surface area contributed by atoms with Crippen molar-refractivity contribution in [3.05, 3.63) is 0 Å². The molecule has 7 heteroatoms. The van der Waals surface area contributed by atoms with Gasteiger partial charge in [-0.25, -0.2) is 4.79 Å². The highest BCUT2D eigenvalue weighted by molar-refractivity contribution is 7.99. The lowest BCUT2D eigenvalue weighted by Gasteiger charge is -2.18. The molecule has 0 aromatic heterocycles. The molecule has 0 aliphatic rings. The lowest BCUT2D eigenvalue weighted by molar-refractivity contribution is -0.149. The van der Waals surface area contributed by atoms with E-state index in [9.17, 15) is 14.4 Å². The summed E-state index contributed by atoms with van der Waals surface area (Å²) in [5.41, 5.74) is -1.19. The lowest BCUT2D eigenvalue weighted by Crippen LogP contribution is -2.45. The molecular formula is C13H24N2O4S. The summed E-state index contributed by atoms with van der Waals surface area (Å²) in [7, 11) is 0. The van der Waals surface area contributed by atoms with Crippen molar-refractivity contribution >= 4 is 29.7 Å². The number of nitrogens with one attached hydrogen (secondary N) is 2. The standard InChI is InChI=1S/C13H24N2O4S/c1-5-20-7-6-9(2)14-12(19)15-10(16)8-13(3,4)11(17)18/h9H,5-8H2,1-4H3,(H,17,18)(H2,14,15,16,19). The Morgan fingerprint density at radius 3 is 2.40 bits per heavy atom. The van der Waals surface area contributed by atoms with E-state index >= 15 is 0 Å². The molecule has 0 saturated heterocycles. The molecule has 0 aliphatic heterocycles. The summed E-state index contributed by atoms with van der Waals surface area (Å²) >= 11 is 1.78. The second kappa shape index (κ2) is 8.84. The summed E-state index contributed by atoms with van der Waals surface area (Å²) in [4.78, 5) is 34.0. The van der Waals surface area contributed by atoms with Crippen LogP contribution in [0.15, 0.2) is 0 Å². The van der Waals surface area contributed by atoms with Crippen molar-refractivity contribution < 1.29 is 19.5 Å². The van der Waals surface area contributed by atoms with Gasteiger partial charge in [-0.1, -0.05) is 6.92 Å². The summed E-state index contributed by atoms with van der Waals surface area (Å²) < 4.78 is 0. The van der Waals surface area contributed by atoms with Gasteiger partial charge >= 0.3 is 12.0 Å². The summed E-state index contributed by atoms with van der Waals surface area (Å²) in [5, 5.41) is 13.7. The third-order valence-corrected chi connectivity index (χ3v) is 3.64. The first-order valence-corrected chi connectivity index (χ1v) is 7.76. The maximum atomic E-state index is 11.6. The molecule has 0 heterocycles. The van der Waals surface area contributed by atoms with Crippen molar-refractivity contribution in [3.8, 4) is 0 Å². The topological polar surface area (TPSA) is 95.5 Å². The fraction of sp³-hybridized carbons (Fsp3) is 0.769. The van der Waals surface area contributed by atoms with Crippen LogP contribution in [0.5, 0.6) is 0 Å². The molecule has 0 bridgehead atoms. The maximum absolute atomic E-state index is 11.6. The zero-order valence-corrected chi connectivity index (χ0v) is 13.3. The van der Waals surface area contributed by atoms with Crippen LogP contribution in [-0.4, -0.2) is 40.6 Å². The molecule has 20 heavy (non-hydrogen) atoms. The maximum Gasteiger partial charge on any atom is 0.321 e. The van der Waals surface area contributed by atoms with Crippen molar-refractivity contribution in [2.45, 2.75) is 46.6 Å². The molecule has 116 valence electrons. The molecule has 0 aromatic carbocycles. The average molecular weight is 304 g/mol. The van der Waals surface area contributed by atoms with Crippen molar-refractivity contribution in [3.63, 3.8) is 0 Å². The predicted molar refractivity (Wildman–Crippen MR) is 79.8 cm³/mol. The van der Waals surface area contributed by atoms with Gasteiger partial charge in [-0.15, -0.1) is 0 Å². The van der Waals surface area contributed by atoms with Gasteiger partial charge in [-0.2, -0.15) is 11.8 Å². The first kappa shape index (κ1) is 18.8. The van der Waals surface area contributed by atoms with Crippen molar-refractivity contribution in [2.24, 2.45) is 5.41 Å². The van der Waals surface area contributed by atoms with Gasteiger partial charge in [-0.05, 0) is 38.7 Å². The van der Waals surface area contributed by atoms with Crippen molar-refractivity contribution in [2.75, 3.05) is 11.5 Å². The van der Waals surface area contributed by atoms with Gasteiger partial charge in [0.25, 0.3) is 0 Å². The molecule has 0 rings (SSSR count). The van der Waals surface area contributed by atoms with Crippen LogP contribution in [-0.2, 0) is 9.59 Å². The summed E-state index contributed by atoms with van der Waals surface area (Å²) in [6, 6.07) is -0.612. The fourth-order valence-electron chi connectivity index (χ4n) is 1.38. The Balaban J connectivity index is 4.08. The minimum Gasteiger partial charge on any atom is -0.481 e. The zero-order valence-electron chi connectivity index (χ0n) is 12.5. The summed E-state index contributed by atoms with van der Waals surface area (Å²) in [5.74, 6) is 0.308. The number of carbonyl (C=O) groups is 3. The third kappa shape index (κ3) is 8.04. The van der Waals surface area contributed by atoms with E-state index in [1.807, 2.05) is 6.92 Å². The van der Waals surface area contributed by atoms with Crippen LogP contribution in [0.3, 0.4) is 0 Å². The number of rotatable bonds is 8. The molecule has 3 N–H and O–H groups in total. The van der Waals surface area contributed by atoms with E-state index in [0.29, 0.717) is 0 Å². The van der Waals surface area contributed by atoms with Crippen LogP contribution < -0.4 is 10.6 Å². The molecule has 0 spiro atoms. The smallest absolute Gasteiger partial charge is 0.321 e. The van der Waals surface area contributed by atoms with Crippen molar-refractivity contribution in [1.29, 1.82) is 0 Å². The first-order valence-electron chi connectivity index (χ1n) is 6.60. The van der Waals surface area contributed by atoms with E-state index < -0.39 is 23.3 Å². The van der Waals surface area contributed by atoms with Crippen molar-refractivity contribution in [1.82, 2.24) is 10.6 Å². The number of thioether (sulfide) groups is 1. The van der Waals surface area contributed by atoms with Gasteiger partial charge in [0.15, 0.2) is 0 Å². The van der Waals surface area contributed by atoms with Gasteiger partial charge in [0.1, 0.15) is 0 Å². The molecule has 0 radical (unpaired) electrons. The number of hydrogen-bond acceptors (Lipinski definition) is 4.